The van der Waals surface area contributed by atoms with Gasteiger partial charge in [-0.3, -0.25) is 4.39 Å². The topological polar surface area (TPSA) is 9.23 Å². The Hall–Kier alpha value is -0.110. The molecule has 0 amide bonds. The van der Waals surface area contributed by atoms with Gasteiger partial charge in [0, 0.05) is 6.61 Å². The van der Waals surface area contributed by atoms with Crippen LogP contribution in [0.2, 0.25) is 0 Å². The van der Waals surface area contributed by atoms with Crippen LogP contribution >= 0.6 is 0 Å². The van der Waals surface area contributed by atoms with E-state index in [-0.39, 0.29) is 12.8 Å². The summed E-state index contributed by atoms with van der Waals surface area (Å²) in [7, 11) is 0. The maximum atomic E-state index is 11.5. The number of rotatable bonds is 5. The van der Waals surface area contributed by atoms with Crippen LogP contribution in [0.1, 0.15) is 26.7 Å². The fraction of sp³-hybridized carbons (Fsp3) is 1.00. The standard InChI is InChI=1S/C7H15FO/c1-7(2)9-6-4-3-5-8/h7H,3-6H2,1-2H3/i8-1. The van der Waals surface area contributed by atoms with E-state index in [0.717, 1.165) is 6.42 Å². The molecule has 0 fully saturated rings. The summed E-state index contributed by atoms with van der Waals surface area (Å²) in [5.74, 6) is 0. The first kappa shape index (κ1) is 8.89. The molecule has 0 aliphatic rings. The van der Waals surface area contributed by atoms with E-state index >= 15 is 0 Å². The molecule has 0 aromatic rings. The zero-order valence-corrected chi connectivity index (χ0v) is 6.19. The summed E-state index contributed by atoms with van der Waals surface area (Å²) in [5, 5.41) is 0. The fourth-order valence-electron chi connectivity index (χ4n) is 0.516. The highest BCUT2D eigenvalue weighted by Crippen LogP contribution is 1.93. The smallest absolute Gasteiger partial charge is 0.0895 e. The van der Waals surface area contributed by atoms with E-state index in [9.17, 15) is 4.39 Å². The monoisotopic (exact) mass is 133 g/mol. The lowest BCUT2D eigenvalue weighted by atomic mass is 10.3. The minimum absolute atomic E-state index is 0.221. The summed E-state index contributed by atoms with van der Waals surface area (Å²) < 4.78 is 16.6. The van der Waals surface area contributed by atoms with Crippen LogP contribution in [0.25, 0.3) is 0 Å². The van der Waals surface area contributed by atoms with Gasteiger partial charge in [-0.25, -0.2) is 0 Å². The maximum absolute atomic E-state index is 11.5. The molecule has 0 spiro atoms. The minimum Gasteiger partial charge on any atom is -0.379 e. The van der Waals surface area contributed by atoms with E-state index in [2.05, 4.69) is 0 Å². The van der Waals surface area contributed by atoms with Gasteiger partial charge in [-0.1, -0.05) is 0 Å². The highest BCUT2D eigenvalue weighted by atomic mass is 18.2. The molecule has 0 saturated carbocycles. The Balaban J connectivity index is 2.75. The number of hydrogen-bond donors (Lipinski definition) is 0. The summed E-state index contributed by atoms with van der Waals surface area (Å²) in [6.07, 6.45) is 1.76. The van der Waals surface area contributed by atoms with Crippen LogP contribution < -0.4 is 0 Å². The van der Waals surface area contributed by atoms with E-state index < -0.39 is 0 Å². The third-order valence-corrected chi connectivity index (χ3v) is 0.979. The van der Waals surface area contributed by atoms with Crippen molar-refractivity contribution >= 4 is 0 Å². The van der Waals surface area contributed by atoms with Crippen LogP contribution in [0.5, 0.6) is 0 Å². The third kappa shape index (κ3) is 7.89. The van der Waals surface area contributed by atoms with Gasteiger partial charge in [-0.2, -0.15) is 0 Å². The minimum atomic E-state index is -0.221. The Kier molecular flexibility index (Phi) is 5.94. The Morgan fingerprint density at radius 1 is 1.33 bits per heavy atom. The van der Waals surface area contributed by atoms with Gasteiger partial charge >= 0.3 is 0 Å². The molecule has 0 bridgehead atoms. The molecule has 2 heteroatoms. The molecule has 0 aromatic heterocycles. The fourth-order valence-corrected chi connectivity index (χ4v) is 0.516. The van der Waals surface area contributed by atoms with E-state index in [1.165, 1.54) is 0 Å². The van der Waals surface area contributed by atoms with Gasteiger partial charge in [0.05, 0.1) is 12.8 Å². The van der Waals surface area contributed by atoms with Crippen LogP contribution in [-0.4, -0.2) is 19.4 Å². The van der Waals surface area contributed by atoms with Gasteiger partial charge in [0.2, 0.25) is 0 Å². The van der Waals surface area contributed by atoms with Crippen LogP contribution in [0.3, 0.4) is 0 Å². The average molecular weight is 133 g/mol. The lowest BCUT2D eigenvalue weighted by Crippen LogP contribution is -2.03. The van der Waals surface area contributed by atoms with Crippen LogP contribution in [-0.2, 0) is 4.74 Å². The van der Waals surface area contributed by atoms with E-state index in [1.807, 2.05) is 13.8 Å². The summed E-state index contributed by atoms with van der Waals surface area (Å²) >= 11 is 0. The Morgan fingerprint density at radius 3 is 2.44 bits per heavy atom. The number of unbranched alkanes of at least 4 members (excludes halogenated alkanes) is 1. The Morgan fingerprint density at radius 2 is 2.00 bits per heavy atom. The highest BCUT2D eigenvalue weighted by Gasteiger charge is 1.91. The van der Waals surface area contributed by atoms with Crippen molar-refractivity contribution in [3.8, 4) is 0 Å². The lowest BCUT2D eigenvalue weighted by molar-refractivity contribution is 0.0750. The summed E-state index contributed by atoms with van der Waals surface area (Å²) in [6, 6.07) is 0. The molecule has 0 aromatic carbocycles. The first-order chi connectivity index (χ1) is 4.27. The molecule has 9 heavy (non-hydrogen) atoms. The quantitative estimate of drug-likeness (QED) is 0.522. The second-order valence-corrected chi connectivity index (χ2v) is 2.32. The molecular weight excluding hydrogens is 118 g/mol. The van der Waals surface area contributed by atoms with Gasteiger partial charge in [0.25, 0.3) is 0 Å². The van der Waals surface area contributed by atoms with Gasteiger partial charge in [-0.15, -0.1) is 0 Å². The molecule has 0 aliphatic carbocycles. The van der Waals surface area contributed by atoms with E-state index in [0.29, 0.717) is 13.0 Å². The summed E-state index contributed by atoms with van der Waals surface area (Å²) in [5.41, 5.74) is 0. The molecule has 0 N–H and O–H groups in total. The molecule has 0 saturated heterocycles. The van der Waals surface area contributed by atoms with E-state index in [4.69, 9.17) is 4.74 Å². The normalized spacial score (nSPS) is 10.7. The lowest BCUT2D eigenvalue weighted by Gasteiger charge is -2.04. The average Bonchev–Trinajstić information content (AvgIpc) is 1.80. The van der Waals surface area contributed by atoms with E-state index in [1.54, 1.807) is 0 Å². The molecular formula is C7H15FO. The van der Waals surface area contributed by atoms with Crippen LogP contribution in [0.4, 0.5) is 4.39 Å². The SMILES string of the molecule is CC(C)OCCCC[18F]. The van der Waals surface area contributed by atoms with Crippen molar-refractivity contribution in [2.75, 3.05) is 13.3 Å². The second kappa shape index (κ2) is 6.02. The van der Waals surface area contributed by atoms with Crippen molar-refractivity contribution in [2.45, 2.75) is 32.8 Å². The molecule has 0 rings (SSSR count). The molecule has 0 atom stereocenters. The highest BCUT2D eigenvalue weighted by molar-refractivity contribution is 4.39. The Labute approximate surface area is 56.2 Å². The van der Waals surface area contributed by atoms with Crippen LogP contribution in [0.15, 0.2) is 0 Å². The van der Waals surface area contributed by atoms with Gasteiger partial charge in [0.1, 0.15) is 0 Å². The number of hydrogen-bond acceptors (Lipinski definition) is 1. The number of halogens is 1. The number of ether oxygens (including phenoxy) is 1. The first-order valence-corrected chi connectivity index (χ1v) is 3.45. The molecule has 56 valence electrons. The maximum Gasteiger partial charge on any atom is 0.0895 e. The third-order valence-electron chi connectivity index (χ3n) is 0.979. The molecule has 0 unspecified atom stereocenters. The molecule has 0 radical (unpaired) electrons. The largest absolute Gasteiger partial charge is 0.379 e. The first-order valence-electron chi connectivity index (χ1n) is 3.45. The van der Waals surface area contributed by atoms with Gasteiger partial charge in [-0.05, 0) is 26.7 Å². The zero-order chi connectivity index (χ0) is 7.11. The zero-order valence-electron chi connectivity index (χ0n) is 6.19. The summed E-state index contributed by atoms with van der Waals surface area (Å²) in [4.78, 5) is 0. The predicted octanol–water partition coefficient (Wildman–Crippen LogP) is 2.16. The van der Waals surface area contributed by atoms with Gasteiger partial charge in [0.15, 0.2) is 0 Å². The van der Waals surface area contributed by atoms with Crippen molar-refractivity contribution in [2.24, 2.45) is 0 Å². The molecule has 0 heterocycles. The molecule has 0 aliphatic heterocycles. The second-order valence-electron chi connectivity index (χ2n) is 2.32. The molecule has 1 nitrogen and oxygen atoms in total. The van der Waals surface area contributed by atoms with Gasteiger partial charge < -0.3 is 4.74 Å². The number of alkyl halides is 1. The van der Waals surface area contributed by atoms with Crippen molar-refractivity contribution in [1.29, 1.82) is 0 Å². The predicted molar refractivity (Wildman–Crippen MR) is 36.3 cm³/mol. The van der Waals surface area contributed by atoms with Crippen molar-refractivity contribution in [3.63, 3.8) is 0 Å². The van der Waals surface area contributed by atoms with Crippen molar-refractivity contribution < 1.29 is 9.13 Å². The van der Waals surface area contributed by atoms with Crippen molar-refractivity contribution in [1.82, 2.24) is 0 Å². The Bertz CT molecular complexity index is 54.9. The van der Waals surface area contributed by atoms with Crippen LogP contribution in [0, 0.1) is 0 Å². The van der Waals surface area contributed by atoms with Crippen molar-refractivity contribution in [3.05, 3.63) is 0 Å². The summed E-state index contributed by atoms with van der Waals surface area (Å²) in [6.45, 7) is 4.44.